The molecular weight excluding hydrogens is 232 g/mol. The molecule has 1 amide bonds. The number of carbonyl (C=O) groups excluding carboxylic acids is 1. The van der Waals surface area contributed by atoms with E-state index in [1.165, 1.54) is 0 Å². The lowest BCUT2D eigenvalue weighted by atomic mass is 10.00. The maximum atomic E-state index is 12.2. The van der Waals surface area contributed by atoms with E-state index >= 15 is 0 Å². The van der Waals surface area contributed by atoms with Gasteiger partial charge in [0.25, 0.3) is 0 Å². The first-order chi connectivity index (χ1) is 8.43. The number of ether oxygens (including phenoxy) is 1. The zero-order chi connectivity index (χ0) is 13.8. The molecular formula is C13H22N2O3. The van der Waals surface area contributed by atoms with Gasteiger partial charge in [-0.2, -0.15) is 5.26 Å². The van der Waals surface area contributed by atoms with Crippen LogP contribution in [0.4, 0.5) is 0 Å². The van der Waals surface area contributed by atoms with Crippen molar-refractivity contribution >= 4 is 5.91 Å². The maximum Gasteiger partial charge on any atom is 0.240 e. The molecule has 102 valence electrons. The fourth-order valence-electron chi connectivity index (χ4n) is 2.31. The highest BCUT2D eigenvalue weighted by Gasteiger charge is 2.37. The van der Waals surface area contributed by atoms with E-state index in [0.29, 0.717) is 19.5 Å². The molecule has 1 heterocycles. The maximum absolute atomic E-state index is 12.2. The van der Waals surface area contributed by atoms with Crippen molar-refractivity contribution in [1.29, 1.82) is 5.26 Å². The molecule has 1 aliphatic rings. The van der Waals surface area contributed by atoms with Crippen molar-refractivity contribution in [1.82, 2.24) is 4.90 Å². The van der Waals surface area contributed by atoms with E-state index in [1.54, 1.807) is 4.90 Å². The fraction of sp³-hybridized carbons (Fsp3) is 0.846. The average Bonchev–Trinajstić information content (AvgIpc) is 2.33. The Morgan fingerprint density at radius 3 is 2.83 bits per heavy atom. The van der Waals surface area contributed by atoms with Gasteiger partial charge in [0, 0.05) is 13.1 Å². The van der Waals surface area contributed by atoms with Gasteiger partial charge >= 0.3 is 0 Å². The highest BCUT2D eigenvalue weighted by Crippen LogP contribution is 2.23. The van der Waals surface area contributed by atoms with Gasteiger partial charge in [-0.1, -0.05) is 13.3 Å². The molecule has 0 saturated carbocycles. The normalized spacial score (nSPS) is 24.4. The fourth-order valence-corrected chi connectivity index (χ4v) is 2.31. The van der Waals surface area contributed by atoms with Gasteiger partial charge in [-0.15, -0.1) is 0 Å². The van der Waals surface area contributed by atoms with Gasteiger partial charge < -0.3 is 14.7 Å². The van der Waals surface area contributed by atoms with E-state index < -0.39 is 11.5 Å². The predicted octanol–water partition coefficient (Wildman–Crippen LogP) is 0.925. The summed E-state index contributed by atoms with van der Waals surface area (Å²) in [4.78, 5) is 13.9. The van der Waals surface area contributed by atoms with Crippen LogP contribution >= 0.6 is 0 Å². The lowest BCUT2D eigenvalue weighted by Gasteiger charge is -2.42. The first kappa shape index (κ1) is 14.9. The molecule has 1 saturated heterocycles. The molecule has 0 radical (unpaired) electrons. The molecule has 2 atom stereocenters. The Labute approximate surface area is 108 Å². The summed E-state index contributed by atoms with van der Waals surface area (Å²) in [6.45, 7) is 6.44. The van der Waals surface area contributed by atoms with Crippen LogP contribution in [-0.4, -0.2) is 47.3 Å². The second-order valence-electron chi connectivity index (χ2n) is 5.37. The molecule has 1 rings (SSSR count). The number of rotatable bonds is 4. The Kier molecular flexibility index (Phi) is 5.12. The van der Waals surface area contributed by atoms with Gasteiger partial charge in [-0.25, -0.2) is 0 Å². The first-order valence-electron chi connectivity index (χ1n) is 6.40. The van der Waals surface area contributed by atoms with Gasteiger partial charge in [-0.05, 0) is 20.3 Å². The second-order valence-corrected chi connectivity index (χ2v) is 5.37. The Hall–Kier alpha value is -1.12. The molecule has 1 fully saturated rings. The standard InChI is InChI=1S/C13H22N2O3/c1-4-5-10(6-14)12(17)15-7-11(8-16)18-13(2,3)9-15/h10-11,16H,4-5,7-9H2,1-3H3. The van der Waals surface area contributed by atoms with E-state index in [4.69, 9.17) is 10.00 Å². The Bertz CT molecular complexity index is 336. The van der Waals surface area contributed by atoms with Crippen LogP contribution in [0, 0.1) is 17.2 Å². The van der Waals surface area contributed by atoms with E-state index in [1.807, 2.05) is 20.8 Å². The molecule has 0 aromatic carbocycles. The number of carbonyl (C=O) groups is 1. The minimum Gasteiger partial charge on any atom is -0.394 e. The highest BCUT2D eigenvalue weighted by molar-refractivity contribution is 5.81. The summed E-state index contributed by atoms with van der Waals surface area (Å²) in [5.74, 6) is -0.725. The van der Waals surface area contributed by atoms with Crippen molar-refractivity contribution in [3.8, 4) is 6.07 Å². The van der Waals surface area contributed by atoms with E-state index in [-0.39, 0.29) is 18.6 Å². The lowest BCUT2D eigenvalue weighted by Crippen LogP contribution is -2.56. The summed E-state index contributed by atoms with van der Waals surface area (Å²) >= 11 is 0. The monoisotopic (exact) mass is 254 g/mol. The van der Waals surface area contributed by atoms with Crippen molar-refractivity contribution < 1.29 is 14.6 Å². The number of amides is 1. The summed E-state index contributed by atoms with van der Waals surface area (Å²) in [5, 5.41) is 18.2. The molecule has 18 heavy (non-hydrogen) atoms. The van der Waals surface area contributed by atoms with Crippen LogP contribution < -0.4 is 0 Å². The summed E-state index contributed by atoms with van der Waals surface area (Å²) < 4.78 is 5.65. The number of aliphatic hydroxyl groups excluding tert-OH is 1. The topological polar surface area (TPSA) is 73.6 Å². The Morgan fingerprint density at radius 2 is 2.33 bits per heavy atom. The second kappa shape index (κ2) is 6.17. The molecule has 0 aromatic rings. The van der Waals surface area contributed by atoms with Crippen LogP contribution in [-0.2, 0) is 9.53 Å². The van der Waals surface area contributed by atoms with Crippen LogP contribution in [0.15, 0.2) is 0 Å². The quantitative estimate of drug-likeness (QED) is 0.809. The van der Waals surface area contributed by atoms with Gasteiger partial charge in [-0.3, -0.25) is 4.79 Å². The number of hydrogen-bond acceptors (Lipinski definition) is 4. The van der Waals surface area contributed by atoms with Gasteiger partial charge in [0.1, 0.15) is 5.92 Å². The highest BCUT2D eigenvalue weighted by atomic mass is 16.5. The van der Waals surface area contributed by atoms with Crippen molar-refractivity contribution in [3.05, 3.63) is 0 Å². The van der Waals surface area contributed by atoms with Crippen molar-refractivity contribution in [3.63, 3.8) is 0 Å². The SMILES string of the molecule is CCCC(C#N)C(=O)N1CC(CO)OC(C)(C)C1. The Morgan fingerprint density at radius 1 is 1.67 bits per heavy atom. The number of morpholine rings is 1. The molecule has 2 unspecified atom stereocenters. The number of nitriles is 1. The van der Waals surface area contributed by atoms with E-state index in [2.05, 4.69) is 6.07 Å². The van der Waals surface area contributed by atoms with E-state index in [9.17, 15) is 9.90 Å². The summed E-state index contributed by atoms with van der Waals surface area (Å²) in [5.41, 5.74) is -0.479. The molecule has 5 heteroatoms. The zero-order valence-electron chi connectivity index (χ0n) is 11.3. The molecule has 1 aliphatic heterocycles. The summed E-state index contributed by atoms with van der Waals surface area (Å²) in [6.07, 6.45) is 1.02. The summed E-state index contributed by atoms with van der Waals surface area (Å²) in [7, 11) is 0. The smallest absolute Gasteiger partial charge is 0.240 e. The van der Waals surface area contributed by atoms with Crippen molar-refractivity contribution in [2.24, 2.45) is 5.92 Å². The first-order valence-corrected chi connectivity index (χ1v) is 6.40. The van der Waals surface area contributed by atoms with Gasteiger partial charge in [0.15, 0.2) is 0 Å². The molecule has 0 aliphatic carbocycles. The molecule has 0 aromatic heterocycles. The third-order valence-corrected chi connectivity index (χ3v) is 3.03. The minimum atomic E-state index is -0.580. The van der Waals surface area contributed by atoms with Crippen LogP contribution in [0.2, 0.25) is 0 Å². The van der Waals surface area contributed by atoms with Crippen LogP contribution in [0.1, 0.15) is 33.6 Å². The van der Waals surface area contributed by atoms with E-state index in [0.717, 1.165) is 6.42 Å². The third kappa shape index (κ3) is 3.69. The Balaban J connectivity index is 2.75. The van der Waals surface area contributed by atoms with Crippen LogP contribution in [0.25, 0.3) is 0 Å². The van der Waals surface area contributed by atoms with Gasteiger partial charge in [0.05, 0.1) is 24.4 Å². The minimum absolute atomic E-state index is 0.113. The number of nitrogens with zero attached hydrogens (tertiary/aromatic N) is 2. The lowest BCUT2D eigenvalue weighted by molar-refractivity contribution is -0.168. The van der Waals surface area contributed by atoms with Gasteiger partial charge in [0.2, 0.25) is 5.91 Å². The number of hydrogen-bond donors (Lipinski definition) is 1. The average molecular weight is 254 g/mol. The largest absolute Gasteiger partial charge is 0.394 e. The molecule has 1 N–H and O–H groups in total. The van der Waals surface area contributed by atoms with Crippen molar-refractivity contribution in [2.45, 2.75) is 45.3 Å². The predicted molar refractivity (Wildman–Crippen MR) is 66.6 cm³/mol. The summed E-state index contributed by atoms with van der Waals surface area (Å²) in [6, 6.07) is 2.07. The molecule has 0 spiro atoms. The molecule has 0 bridgehead atoms. The molecule has 5 nitrogen and oxygen atoms in total. The zero-order valence-corrected chi connectivity index (χ0v) is 11.3. The number of aliphatic hydroxyl groups is 1. The van der Waals surface area contributed by atoms with Crippen LogP contribution in [0.3, 0.4) is 0 Å². The van der Waals surface area contributed by atoms with Crippen LogP contribution in [0.5, 0.6) is 0 Å². The van der Waals surface area contributed by atoms with Crippen molar-refractivity contribution in [2.75, 3.05) is 19.7 Å². The third-order valence-electron chi connectivity index (χ3n) is 3.03.